The van der Waals surface area contributed by atoms with Crippen LogP contribution < -0.4 is 0 Å². The number of thiol groups is 1. The standard InChI is InChI=1S/C10H19NO2S/c1-8(14)10(12)11-5-3-9(4-6-11)7-13-2/h8-9,14H,3-7H2,1-2H3. The maximum atomic E-state index is 11.6. The summed E-state index contributed by atoms with van der Waals surface area (Å²) in [5, 5.41) is -0.172. The van der Waals surface area contributed by atoms with E-state index < -0.39 is 0 Å². The van der Waals surface area contributed by atoms with Crippen molar-refractivity contribution in [3.8, 4) is 0 Å². The summed E-state index contributed by atoms with van der Waals surface area (Å²) >= 11 is 4.15. The van der Waals surface area contributed by atoms with Crippen LogP contribution in [0, 0.1) is 5.92 Å². The largest absolute Gasteiger partial charge is 0.384 e. The molecule has 1 saturated heterocycles. The molecule has 0 N–H and O–H groups in total. The van der Waals surface area contributed by atoms with Crippen LogP contribution in [0.15, 0.2) is 0 Å². The van der Waals surface area contributed by atoms with Crippen molar-refractivity contribution >= 4 is 18.5 Å². The molecular weight excluding hydrogens is 198 g/mol. The molecule has 1 rings (SSSR count). The van der Waals surface area contributed by atoms with Crippen LogP contribution in [0.5, 0.6) is 0 Å². The van der Waals surface area contributed by atoms with Crippen molar-refractivity contribution in [3.05, 3.63) is 0 Å². The number of amides is 1. The van der Waals surface area contributed by atoms with Gasteiger partial charge in [-0.05, 0) is 25.7 Å². The second-order valence-electron chi connectivity index (χ2n) is 3.90. The lowest BCUT2D eigenvalue weighted by Gasteiger charge is -2.32. The molecule has 0 spiro atoms. The molecule has 0 saturated carbocycles. The predicted molar refractivity (Wildman–Crippen MR) is 59.6 cm³/mol. The minimum Gasteiger partial charge on any atom is -0.384 e. The van der Waals surface area contributed by atoms with Crippen LogP contribution in [0.25, 0.3) is 0 Å². The number of carbonyl (C=O) groups is 1. The Morgan fingerprint density at radius 2 is 2.14 bits per heavy atom. The smallest absolute Gasteiger partial charge is 0.235 e. The first-order valence-electron chi connectivity index (χ1n) is 5.11. The van der Waals surface area contributed by atoms with E-state index in [1.54, 1.807) is 7.11 Å². The molecule has 4 heteroatoms. The summed E-state index contributed by atoms with van der Waals surface area (Å²) in [7, 11) is 1.73. The fraction of sp³-hybridized carbons (Fsp3) is 0.900. The molecule has 1 aliphatic heterocycles. The van der Waals surface area contributed by atoms with Crippen LogP contribution in [-0.4, -0.2) is 42.9 Å². The van der Waals surface area contributed by atoms with Gasteiger partial charge in [0.2, 0.25) is 5.91 Å². The third-order valence-electron chi connectivity index (χ3n) is 2.69. The van der Waals surface area contributed by atoms with Gasteiger partial charge in [0.1, 0.15) is 0 Å². The molecule has 3 nitrogen and oxygen atoms in total. The number of hydrogen-bond donors (Lipinski definition) is 1. The Hall–Kier alpha value is -0.220. The number of rotatable bonds is 3. The van der Waals surface area contributed by atoms with Gasteiger partial charge >= 0.3 is 0 Å². The molecule has 0 aliphatic carbocycles. The number of nitrogens with zero attached hydrogens (tertiary/aromatic N) is 1. The topological polar surface area (TPSA) is 29.5 Å². The number of likely N-dealkylation sites (tertiary alicyclic amines) is 1. The normalized spacial score (nSPS) is 20.9. The average Bonchev–Trinajstić information content (AvgIpc) is 2.18. The summed E-state index contributed by atoms with van der Waals surface area (Å²) in [5.74, 6) is 0.781. The van der Waals surface area contributed by atoms with Gasteiger partial charge in [0.15, 0.2) is 0 Å². The highest BCUT2D eigenvalue weighted by Crippen LogP contribution is 2.18. The number of ether oxygens (including phenoxy) is 1. The second-order valence-corrected chi connectivity index (χ2v) is 4.67. The lowest BCUT2D eigenvalue weighted by Crippen LogP contribution is -2.42. The van der Waals surface area contributed by atoms with E-state index in [4.69, 9.17) is 4.74 Å². The van der Waals surface area contributed by atoms with Gasteiger partial charge < -0.3 is 9.64 Å². The highest BCUT2D eigenvalue weighted by Gasteiger charge is 2.24. The van der Waals surface area contributed by atoms with Crippen molar-refractivity contribution in [3.63, 3.8) is 0 Å². The molecule has 0 aromatic carbocycles. The van der Waals surface area contributed by atoms with E-state index in [9.17, 15) is 4.79 Å². The van der Waals surface area contributed by atoms with E-state index >= 15 is 0 Å². The zero-order valence-corrected chi connectivity index (χ0v) is 9.80. The van der Waals surface area contributed by atoms with Gasteiger partial charge in [0.25, 0.3) is 0 Å². The van der Waals surface area contributed by atoms with Crippen molar-refractivity contribution in [2.45, 2.75) is 25.0 Å². The zero-order chi connectivity index (χ0) is 10.6. The summed E-state index contributed by atoms with van der Waals surface area (Å²) in [6.07, 6.45) is 2.11. The maximum Gasteiger partial charge on any atom is 0.235 e. The Morgan fingerprint density at radius 1 is 1.57 bits per heavy atom. The monoisotopic (exact) mass is 217 g/mol. The molecule has 0 bridgehead atoms. The summed E-state index contributed by atoms with van der Waals surface area (Å²) < 4.78 is 5.11. The minimum absolute atomic E-state index is 0.157. The molecular formula is C10H19NO2S. The molecule has 0 radical (unpaired) electrons. The van der Waals surface area contributed by atoms with Gasteiger partial charge in [-0.25, -0.2) is 0 Å². The van der Waals surface area contributed by atoms with Gasteiger partial charge in [-0.1, -0.05) is 0 Å². The highest BCUT2D eigenvalue weighted by atomic mass is 32.1. The quantitative estimate of drug-likeness (QED) is 0.720. The number of hydrogen-bond acceptors (Lipinski definition) is 3. The zero-order valence-electron chi connectivity index (χ0n) is 8.90. The Labute approximate surface area is 91.2 Å². The first kappa shape index (κ1) is 11.9. The van der Waals surface area contributed by atoms with Crippen LogP contribution in [0.2, 0.25) is 0 Å². The average molecular weight is 217 g/mol. The molecule has 0 aromatic heterocycles. The molecule has 1 atom stereocenters. The van der Waals surface area contributed by atoms with Gasteiger partial charge in [0, 0.05) is 26.8 Å². The third-order valence-corrected chi connectivity index (χ3v) is 2.91. The van der Waals surface area contributed by atoms with Crippen LogP contribution in [0.4, 0.5) is 0 Å². The minimum atomic E-state index is -0.172. The van der Waals surface area contributed by atoms with E-state index in [0.29, 0.717) is 5.92 Å². The van der Waals surface area contributed by atoms with Crippen molar-refractivity contribution in [1.29, 1.82) is 0 Å². The SMILES string of the molecule is COCC1CCN(C(=O)C(C)S)CC1. The fourth-order valence-electron chi connectivity index (χ4n) is 1.82. The summed E-state index contributed by atoms with van der Waals surface area (Å²) in [6.45, 7) is 4.36. The van der Waals surface area contributed by atoms with E-state index in [0.717, 1.165) is 32.5 Å². The first-order chi connectivity index (χ1) is 6.65. The van der Waals surface area contributed by atoms with Crippen LogP contribution >= 0.6 is 12.6 Å². The fourth-order valence-corrected chi connectivity index (χ4v) is 1.98. The second kappa shape index (κ2) is 5.61. The predicted octanol–water partition coefficient (Wildman–Crippen LogP) is 1.19. The highest BCUT2D eigenvalue weighted by molar-refractivity contribution is 7.81. The van der Waals surface area contributed by atoms with Crippen molar-refractivity contribution in [2.75, 3.05) is 26.8 Å². The molecule has 1 unspecified atom stereocenters. The van der Waals surface area contributed by atoms with E-state index in [2.05, 4.69) is 12.6 Å². The van der Waals surface area contributed by atoms with Crippen molar-refractivity contribution in [1.82, 2.24) is 4.90 Å². The van der Waals surface area contributed by atoms with Crippen molar-refractivity contribution in [2.24, 2.45) is 5.92 Å². The summed E-state index contributed by atoms with van der Waals surface area (Å²) in [5.41, 5.74) is 0. The van der Waals surface area contributed by atoms with Gasteiger partial charge in [-0.15, -0.1) is 0 Å². The van der Waals surface area contributed by atoms with Crippen LogP contribution in [-0.2, 0) is 9.53 Å². The van der Waals surface area contributed by atoms with Crippen LogP contribution in [0.3, 0.4) is 0 Å². The summed E-state index contributed by atoms with van der Waals surface area (Å²) in [4.78, 5) is 13.5. The van der Waals surface area contributed by atoms with Crippen LogP contribution in [0.1, 0.15) is 19.8 Å². The lowest BCUT2D eigenvalue weighted by atomic mass is 9.97. The van der Waals surface area contributed by atoms with Gasteiger partial charge in [0.05, 0.1) is 5.25 Å². The van der Waals surface area contributed by atoms with E-state index in [1.165, 1.54) is 0 Å². The molecule has 1 heterocycles. The third kappa shape index (κ3) is 3.17. The Kier molecular flexibility index (Phi) is 4.75. The molecule has 82 valence electrons. The van der Waals surface area contributed by atoms with Crippen molar-refractivity contribution < 1.29 is 9.53 Å². The Balaban J connectivity index is 2.32. The Morgan fingerprint density at radius 3 is 2.57 bits per heavy atom. The number of piperidine rings is 1. The molecule has 0 aromatic rings. The summed E-state index contributed by atoms with van der Waals surface area (Å²) in [6, 6.07) is 0. The maximum absolute atomic E-state index is 11.6. The molecule has 1 aliphatic rings. The molecule has 14 heavy (non-hydrogen) atoms. The van der Waals surface area contributed by atoms with Gasteiger partial charge in [-0.3, -0.25) is 4.79 Å². The first-order valence-corrected chi connectivity index (χ1v) is 5.62. The van der Waals surface area contributed by atoms with E-state index in [-0.39, 0.29) is 11.2 Å². The number of carbonyl (C=O) groups excluding carboxylic acids is 1. The van der Waals surface area contributed by atoms with Gasteiger partial charge in [-0.2, -0.15) is 12.6 Å². The Bertz CT molecular complexity index is 189. The van der Waals surface area contributed by atoms with E-state index in [1.807, 2.05) is 11.8 Å². The molecule has 1 amide bonds. The number of methoxy groups -OCH3 is 1. The molecule has 1 fully saturated rings. The lowest BCUT2D eigenvalue weighted by molar-refractivity contribution is -0.131.